The van der Waals surface area contributed by atoms with Crippen LogP contribution in [0.2, 0.25) is 5.02 Å². The van der Waals surface area contributed by atoms with Gasteiger partial charge >= 0.3 is 5.97 Å². The second kappa shape index (κ2) is 4.71. The minimum absolute atomic E-state index is 0.182. The van der Waals surface area contributed by atoms with Gasteiger partial charge in [0, 0.05) is 12.1 Å². The zero-order valence-corrected chi connectivity index (χ0v) is 10.2. The highest BCUT2D eigenvalue weighted by Crippen LogP contribution is 2.39. The Hall–Kier alpha value is -1.62. The molecule has 1 unspecified atom stereocenters. The first-order chi connectivity index (χ1) is 8.11. The molecule has 0 radical (unpaired) electrons. The van der Waals surface area contributed by atoms with Gasteiger partial charge in [0.2, 0.25) is 6.79 Å². The van der Waals surface area contributed by atoms with Gasteiger partial charge in [0.25, 0.3) is 0 Å². The molecule has 1 N–H and O–H groups in total. The molecule has 2 rings (SSSR count). The molecule has 92 valence electrons. The van der Waals surface area contributed by atoms with Gasteiger partial charge in [-0.05, 0) is 6.92 Å². The quantitative estimate of drug-likeness (QED) is 0.840. The van der Waals surface area contributed by atoms with E-state index in [1.165, 1.54) is 7.11 Å². The summed E-state index contributed by atoms with van der Waals surface area (Å²) in [6.45, 7) is 1.87. The number of hydrogen-bond donors (Lipinski definition) is 1. The molecule has 1 aliphatic rings. The Morgan fingerprint density at radius 2 is 2.12 bits per heavy atom. The molecule has 6 heteroatoms. The largest absolute Gasteiger partial charge is 0.467 e. The number of esters is 1. The van der Waals surface area contributed by atoms with Crippen LogP contribution >= 0.6 is 11.6 Å². The van der Waals surface area contributed by atoms with Crippen LogP contribution in [-0.4, -0.2) is 25.9 Å². The number of rotatable bonds is 3. The van der Waals surface area contributed by atoms with Gasteiger partial charge in [0.05, 0.1) is 17.8 Å². The van der Waals surface area contributed by atoms with Gasteiger partial charge in [-0.25, -0.2) is 4.79 Å². The highest BCUT2D eigenvalue weighted by atomic mass is 35.5. The van der Waals surface area contributed by atoms with E-state index >= 15 is 0 Å². The van der Waals surface area contributed by atoms with E-state index in [9.17, 15) is 4.79 Å². The lowest BCUT2D eigenvalue weighted by Crippen LogP contribution is -2.27. The van der Waals surface area contributed by atoms with Crippen LogP contribution in [0, 0.1) is 0 Å². The summed E-state index contributed by atoms with van der Waals surface area (Å²) in [6.07, 6.45) is 0. The Bertz CT molecular complexity index is 449. The van der Waals surface area contributed by atoms with Crippen molar-refractivity contribution in [3.63, 3.8) is 0 Å². The number of benzene rings is 1. The fourth-order valence-electron chi connectivity index (χ4n) is 1.50. The smallest absolute Gasteiger partial charge is 0.327 e. The lowest BCUT2D eigenvalue weighted by atomic mass is 10.2. The maximum absolute atomic E-state index is 11.3. The highest BCUT2D eigenvalue weighted by Gasteiger charge is 2.19. The number of ether oxygens (including phenoxy) is 3. The van der Waals surface area contributed by atoms with Crippen LogP contribution in [0.5, 0.6) is 11.5 Å². The van der Waals surface area contributed by atoms with Crippen molar-refractivity contribution < 1.29 is 19.0 Å². The number of nitrogens with one attached hydrogen (secondary N) is 1. The van der Waals surface area contributed by atoms with Crippen LogP contribution < -0.4 is 14.8 Å². The Balaban J connectivity index is 2.19. The third-order valence-electron chi connectivity index (χ3n) is 2.39. The summed E-state index contributed by atoms with van der Waals surface area (Å²) in [7, 11) is 1.34. The molecule has 5 nitrogen and oxygen atoms in total. The molecule has 17 heavy (non-hydrogen) atoms. The molecule has 0 saturated carbocycles. The summed E-state index contributed by atoms with van der Waals surface area (Å²) in [5.74, 6) is 0.846. The molecule has 0 amide bonds. The maximum atomic E-state index is 11.3. The summed E-state index contributed by atoms with van der Waals surface area (Å²) in [5.41, 5.74) is 0.605. The van der Waals surface area contributed by atoms with Gasteiger partial charge in [-0.3, -0.25) is 0 Å². The lowest BCUT2D eigenvalue weighted by molar-refractivity contribution is -0.141. The molecule has 1 atom stereocenters. The fraction of sp³-hybridized carbons (Fsp3) is 0.364. The minimum Gasteiger partial charge on any atom is -0.467 e. The number of carbonyl (C=O) groups is 1. The predicted molar refractivity (Wildman–Crippen MR) is 62.7 cm³/mol. The van der Waals surface area contributed by atoms with Gasteiger partial charge in [0.1, 0.15) is 6.04 Å². The van der Waals surface area contributed by atoms with Crippen molar-refractivity contribution in [3.8, 4) is 11.5 Å². The van der Waals surface area contributed by atoms with E-state index in [1.54, 1.807) is 19.1 Å². The third kappa shape index (κ3) is 2.39. The predicted octanol–water partition coefficient (Wildman–Crippen LogP) is 2.04. The molecule has 0 bridgehead atoms. The number of carbonyl (C=O) groups excluding carboxylic acids is 1. The summed E-state index contributed by atoms with van der Waals surface area (Å²) < 4.78 is 15.0. The number of halogens is 1. The normalized spacial score (nSPS) is 14.3. The molecular weight excluding hydrogens is 246 g/mol. The van der Waals surface area contributed by atoms with Gasteiger partial charge in [-0.2, -0.15) is 0 Å². The van der Waals surface area contributed by atoms with Crippen molar-refractivity contribution in [2.45, 2.75) is 13.0 Å². The van der Waals surface area contributed by atoms with Crippen molar-refractivity contribution in [2.75, 3.05) is 19.2 Å². The second-order valence-corrected chi connectivity index (χ2v) is 3.98. The highest BCUT2D eigenvalue weighted by molar-refractivity contribution is 6.33. The van der Waals surface area contributed by atoms with Crippen molar-refractivity contribution in [3.05, 3.63) is 17.2 Å². The van der Waals surface area contributed by atoms with Crippen LogP contribution in [0.1, 0.15) is 6.92 Å². The Morgan fingerprint density at radius 3 is 2.76 bits per heavy atom. The average molecular weight is 258 g/mol. The first-order valence-corrected chi connectivity index (χ1v) is 5.43. The molecule has 0 spiro atoms. The summed E-state index contributed by atoms with van der Waals surface area (Å²) in [5, 5.41) is 3.41. The number of methoxy groups -OCH3 is 1. The zero-order chi connectivity index (χ0) is 12.4. The van der Waals surface area contributed by atoms with Crippen LogP contribution in [0.15, 0.2) is 12.1 Å². The van der Waals surface area contributed by atoms with Crippen LogP contribution in [0.4, 0.5) is 5.69 Å². The molecule has 0 aromatic heterocycles. The van der Waals surface area contributed by atoms with E-state index in [0.29, 0.717) is 22.2 Å². The molecule has 1 aromatic carbocycles. The van der Waals surface area contributed by atoms with Crippen LogP contribution in [-0.2, 0) is 9.53 Å². The minimum atomic E-state index is -0.488. The Kier molecular flexibility index (Phi) is 3.28. The van der Waals surface area contributed by atoms with Gasteiger partial charge in [0.15, 0.2) is 11.5 Å². The van der Waals surface area contributed by atoms with E-state index < -0.39 is 6.04 Å². The van der Waals surface area contributed by atoms with Gasteiger partial charge < -0.3 is 19.5 Å². The molecule has 1 aromatic rings. The van der Waals surface area contributed by atoms with E-state index in [4.69, 9.17) is 21.1 Å². The average Bonchev–Trinajstić information content (AvgIpc) is 2.75. The number of anilines is 1. The van der Waals surface area contributed by atoms with E-state index in [2.05, 4.69) is 10.1 Å². The van der Waals surface area contributed by atoms with Crippen LogP contribution in [0.3, 0.4) is 0 Å². The Labute approximate surface area is 104 Å². The first-order valence-electron chi connectivity index (χ1n) is 5.05. The van der Waals surface area contributed by atoms with Crippen molar-refractivity contribution in [2.24, 2.45) is 0 Å². The summed E-state index contributed by atoms with van der Waals surface area (Å²) in [4.78, 5) is 11.3. The summed E-state index contributed by atoms with van der Waals surface area (Å²) in [6, 6.07) is 2.86. The zero-order valence-electron chi connectivity index (χ0n) is 9.45. The van der Waals surface area contributed by atoms with E-state index in [-0.39, 0.29) is 12.8 Å². The molecule has 1 aliphatic heterocycles. The molecule has 0 saturated heterocycles. The van der Waals surface area contributed by atoms with Crippen molar-refractivity contribution in [1.82, 2.24) is 0 Å². The van der Waals surface area contributed by atoms with Crippen molar-refractivity contribution in [1.29, 1.82) is 0 Å². The second-order valence-electron chi connectivity index (χ2n) is 3.57. The molecular formula is C11H12ClNO4. The standard InChI is InChI=1S/C11H12ClNO4/c1-6(11(14)15-2)13-8-4-10-9(3-7(8)12)16-5-17-10/h3-4,6,13H,5H2,1-2H3. The number of fused-ring (bicyclic) bond motifs is 1. The molecule has 1 heterocycles. The first kappa shape index (κ1) is 11.9. The fourth-order valence-corrected chi connectivity index (χ4v) is 1.70. The lowest BCUT2D eigenvalue weighted by Gasteiger charge is -2.14. The maximum Gasteiger partial charge on any atom is 0.327 e. The van der Waals surface area contributed by atoms with Gasteiger partial charge in [-0.15, -0.1) is 0 Å². The topological polar surface area (TPSA) is 56.8 Å². The Morgan fingerprint density at radius 1 is 1.47 bits per heavy atom. The third-order valence-corrected chi connectivity index (χ3v) is 2.70. The monoisotopic (exact) mass is 257 g/mol. The van der Waals surface area contributed by atoms with Crippen molar-refractivity contribution >= 4 is 23.3 Å². The number of hydrogen-bond acceptors (Lipinski definition) is 5. The summed E-state index contributed by atoms with van der Waals surface area (Å²) >= 11 is 6.05. The van der Waals surface area contributed by atoms with Gasteiger partial charge in [-0.1, -0.05) is 11.6 Å². The van der Waals surface area contributed by atoms with E-state index in [0.717, 1.165) is 0 Å². The molecule has 0 fully saturated rings. The van der Waals surface area contributed by atoms with E-state index in [1.807, 2.05) is 0 Å². The molecule has 0 aliphatic carbocycles. The SMILES string of the molecule is COC(=O)C(C)Nc1cc2c(cc1Cl)OCO2. The van der Waals surface area contributed by atoms with Crippen LogP contribution in [0.25, 0.3) is 0 Å².